The van der Waals surface area contributed by atoms with E-state index in [1.165, 1.54) is 59.7 Å². The fourth-order valence-electron chi connectivity index (χ4n) is 11.8. The standard InChI is InChI=1S/C54H44N4O/c1-34-8-4-6-10-50(34)57(45-20-15-43(56-3)16-21-45)46-19-14-39-31-53-48(30-40(39)29-46)54(41-25-37-24-38(27-41)28-42(54)26-37)49-32-47(22-23-52(49)59-53)58(51-11-7-5-9-35(51)2)44-17-12-36(33-55)13-18-44/h4-23,29-32,37-38,41-42H,24-28H2,1-2H3. The number of para-hydroxylation sites is 2. The second-order valence-electron chi connectivity index (χ2n) is 17.4. The summed E-state index contributed by atoms with van der Waals surface area (Å²) < 4.78 is 7.08. The van der Waals surface area contributed by atoms with Gasteiger partial charge in [-0.25, -0.2) is 4.85 Å². The van der Waals surface area contributed by atoms with E-state index in [1.54, 1.807) is 0 Å². The molecule has 0 amide bonds. The largest absolute Gasteiger partial charge is 0.457 e. The van der Waals surface area contributed by atoms with Crippen LogP contribution in [0, 0.1) is 55.4 Å². The van der Waals surface area contributed by atoms with Crippen molar-refractivity contribution in [1.82, 2.24) is 0 Å². The van der Waals surface area contributed by atoms with E-state index in [4.69, 9.17) is 11.3 Å². The lowest BCUT2D eigenvalue weighted by Gasteiger charge is -2.63. The zero-order valence-corrected chi connectivity index (χ0v) is 33.4. The molecule has 0 atom stereocenters. The molecule has 0 saturated heterocycles. The van der Waals surface area contributed by atoms with Crippen LogP contribution >= 0.6 is 0 Å². The molecule has 4 fully saturated rings. The van der Waals surface area contributed by atoms with Crippen molar-refractivity contribution in [1.29, 1.82) is 5.26 Å². The monoisotopic (exact) mass is 764 g/mol. The Bertz CT molecular complexity index is 2850. The van der Waals surface area contributed by atoms with Crippen molar-refractivity contribution >= 4 is 50.6 Å². The third-order valence-corrected chi connectivity index (χ3v) is 14.1. The van der Waals surface area contributed by atoms with Gasteiger partial charge < -0.3 is 14.5 Å². The number of nitriles is 1. The zero-order valence-electron chi connectivity index (χ0n) is 33.4. The van der Waals surface area contributed by atoms with Gasteiger partial charge in [0.25, 0.3) is 0 Å². The lowest BCUT2D eigenvalue weighted by Crippen LogP contribution is -2.57. The van der Waals surface area contributed by atoms with Crippen molar-refractivity contribution in [2.45, 2.75) is 51.4 Å². The van der Waals surface area contributed by atoms with Gasteiger partial charge in [0.1, 0.15) is 11.5 Å². The Kier molecular flexibility index (Phi) is 8.18. The molecule has 7 aromatic rings. The topological polar surface area (TPSA) is 43.9 Å². The van der Waals surface area contributed by atoms with Gasteiger partial charge in [-0.05, 0) is 183 Å². The van der Waals surface area contributed by atoms with E-state index >= 15 is 0 Å². The van der Waals surface area contributed by atoms with Gasteiger partial charge in [0.05, 0.1) is 18.2 Å². The van der Waals surface area contributed by atoms with E-state index in [-0.39, 0.29) is 5.41 Å². The van der Waals surface area contributed by atoms with Crippen LogP contribution in [0.4, 0.5) is 39.8 Å². The number of rotatable bonds is 6. The van der Waals surface area contributed by atoms with Crippen LogP contribution in [0.2, 0.25) is 0 Å². The van der Waals surface area contributed by atoms with E-state index in [2.05, 4.69) is 156 Å². The number of nitrogens with zero attached hydrogens (tertiary/aromatic N) is 4. The minimum absolute atomic E-state index is 0.177. The molecule has 12 rings (SSSR count). The first-order valence-electron chi connectivity index (χ1n) is 21.0. The molecule has 0 aromatic heterocycles. The Morgan fingerprint density at radius 2 is 1.12 bits per heavy atom. The molecule has 286 valence electrons. The molecule has 0 radical (unpaired) electrons. The molecule has 4 aliphatic carbocycles. The number of benzene rings is 7. The third kappa shape index (κ3) is 5.56. The molecular formula is C54H44N4O. The SMILES string of the molecule is [C-]#[N+]c1ccc(N(c2ccc3cc4c(cc3c2)C2(c3cc(N(c5ccc(C#N)cc5)c5ccccc5C)ccc3O4)C3CC4CC(C3)CC2C4)c2ccccc2C)cc1. The van der Waals surface area contributed by atoms with Crippen LogP contribution in [0.5, 0.6) is 11.5 Å². The fourth-order valence-corrected chi connectivity index (χ4v) is 11.8. The van der Waals surface area contributed by atoms with E-state index in [0.717, 1.165) is 62.8 Å². The van der Waals surface area contributed by atoms with Gasteiger partial charge in [-0.1, -0.05) is 54.6 Å². The average Bonchev–Trinajstić information content (AvgIpc) is 3.26. The Labute approximate surface area is 346 Å². The second-order valence-corrected chi connectivity index (χ2v) is 17.4. The van der Waals surface area contributed by atoms with Crippen molar-refractivity contribution in [3.63, 3.8) is 0 Å². The molecule has 1 heterocycles. The lowest BCUT2D eigenvalue weighted by molar-refractivity contribution is -0.0451. The van der Waals surface area contributed by atoms with Crippen molar-refractivity contribution < 1.29 is 4.74 Å². The average molecular weight is 765 g/mol. The fraction of sp³-hybridized carbons (Fsp3) is 0.222. The first-order valence-corrected chi connectivity index (χ1v) is 21.0. The van der Waals surface area contributed by atoms with Crippen LogP contribution in [0.1, 0.15) is 59.9 Å². The molecule has 7 aromatic carbocycles. The number of hydrogen-bond donors (Lipinski definition) is 0. The summed E-state index contributed by atoms with van der Waals surface area (Å²) in [5.74, 6) is 4.62. The number of fused-ring (bicyclic) bond motifs is 3. The highest BCUT2D eigenvalue weighted by molar-refractivity contribution is 5.92. The quantitative estimate of drug-likeness (QED) is 0.158. The predicted molar refractivity (Wildman–Crippen MR) is 238 cm³/mol. The molecule has 1 spiro atoms. The molecule has 5 heteroatoms. The Morgan fingerprint density at radius 1 is 0.576 bits per heavy atom. The minimum atomic E-state index is -0.177. The van der Waals surface area contributed by atoms with Crippen LogP contribution in [0.3, 0.4) is 0 Å². The van der Waals surface area contributed by atoms with Crippen molar-refractivity contribution in [2.24, 2.45) is 23.7 Å². The second kappa shape index (κ2) is 13.6. The summed E-state index contributed by atoms with van der Waals surface area (Å²) in [6, 6.07) is 53.8. The molecule has 5 aliphatic rings. The summed E-state index contributed by atoms with van der Waals surface area (Å²) in [6.07, 6.45) is 6.41. The highest BCUT2D eigenvalue weighted by Gasteiger charge is 2.61. The summed E-state index contributed by atoms with van der Waals surface area (Å²) >= 11 is 0. The summed E-state index contributed by atoms with van der Waals surface area (Å²) in [6.45, 7) is 11.9. The molecule has 1 aliphatic heterocycles. The smallest absolute Gasteiger partial charge is 0.187 e. The summed E-state index contributed by atoms with van der Waals surface area (Å²) in [4.78, 5) is 8.34. The molecule has 0 unspecified atom stereocenters. The van der Waals surface area contributed by atoms with E-state index < -0.39 is 0 Å². The van der Waals surface area contributed by atoms with Gasteiger partial charge in [0.15, 0.2) is 5.69 Å². The van der Waals surface area contributed by atoms with Crippen LogP contribution in [-0.4, -0.2) is 0 Å². The van der Waals surface area contributed by atoms with Crippen molar-refractivity contribution in [3.8, 4) is 17.6 Å². The van der Waals surface area contributed by atoms with Gasteiger partial charge in [-0.2, -0.15) is 5.26 Å². The molecule has 4 bridgehead atoms. The van der Waals surface area contributed by atoms with Crippen LogP contribution in [0.15, 0.2) is 146 Å². The number of aryl methyl sites for hydroxylation is 2. The van der Waals surface area contributed by atoms with Crippen LogP contribution < -0.4 is 14.5 Å². The number of anilines is 6. The van der Waals surface area contributed by atoms with Gasteiger partial charge in [-0.3, -0.25) is 0 Å². The summed E-state index contributed by atoms with van der Waals surface area (Å²) in [5, 5.41) is 12.0. The van der Waals surface area contributed by atoms with Gasteiger partial charge in [0, 0.05) is 50.7 Å². The van der Waals surface area contributed by atoms with Gasteiger partial charge >= 0.3 is 0 Å². The summed E-state index contributed by atoms with van der Waals surface area (Å²) in [7, 11) is 0. The van der Waals surface area contributed by atoms with Gasteiger partial charge in [-0.15, -0.1) is 0 Å². The van der Waals surface area contributed by atoms with Crippen LogP contribution in [-0.2, 0) is 5.41 Å². The highest BCUT2D eigenvalue weighted by atomic mass is 16.5. The molecule has 5 nitrogen and oxygen atoms in total. The third-order valence-electron chi connectivity index (χ3n) is 14.1. The minimum Gasteiger partial charge on any atom is -0.457 e. The molecule has 59 heavy (non-hydrogen) atoms. The summed E-state index contributed by atoms with van der Waals surface area (Å²) in [5.41, 5.74) is 12.6. The first-order chi connectivity index (χ1) is 28.9. The Morgan fingerprint density at radius 3 is 1.71 bits per heavy atom. The van der Waals surface area contributed by atoms with Crippen LogP contribution in [0.25, 0.3) is 15.6 Å². The number of ether oxygens (including phenoxy) is 1. The highest BCUT2D eigenvalue weighted by Crippen LogP contribution is 2.69. The lowest BCUT2D eigenvalue weighted by atomic mass is 9.41. The zero-order chi connectivity index (χ0) is 39.8. The van der Waals surface area contributed by atoms with E-state index in [9.17, 15) is 5.26 Å². The molecule has 4 saturated carbocycles. The normalized spacial score (nSPS) is 21.9. The Balaban J connectivity index is 1.10. The van der Waals surface area contributed by atoms with E-state index in [0.29, 0.717) is 23.1 Å². The maximum Gasteiger partial charge on any atom is 0.187 e. The maximum atomic E-state index is 9.65. The molecule has 0 N–H and O–H groups in total. The molecular weight excluding hydrogens is 721 g/mol. The first kappa shape index (κ1) is 35.4. The number of hydrogen-bond acceptors (Lipinski definition) is 4. The van der Waals surface area contributed by atoms with Crippen molar-refractivity contribution in [3.05, 3.63) is 185 Å². The predicted octanol–water partition coefficient (Wildman–Crippen LogP) is 14.7. The Hall–Kier alpha value is -6.82. The van der Waals surface area contributed by atoms with E-state index in [1.807, 2.05) is 24.3 Å². The maximum absolute atomic E-state index is 9.65. The van der Waals surface area contributed by atoms with Crippen molar-refractivity contribution in [2.75, 3.05) is 9.80 Å². The van der Waals surface area contributed by atoms with Gasteiger partial charge in [0.2, 0.25) is 0 Å².